The molecule has 0 aliphatic rings. The lowest BCUT2D eigenvalue weighted by Crippen LogP contribution is -2.02. The second kappa shape index (κ2) is 7.86. The van der Waals surface area contributed by atoms with E-state index in [4.69, 9.17) is 4.42 Å². The van der Waals surface area contributed by atoms with Crippen molar-refractivity contribution in [3.05, 3.63) is 83.9 Å². The van der Waals surface area contributed by atoms with Crippen molar-refractivity contribution in [3.8, 4) is 22.4 Å². The molecule has 2 aromatic carbocycles. The summed E-state index contributed by atoms with van der Waals surface area (Å²) >= 11 is 0. The Bertz CT molecular complexity index is 1420. The molecule has 3 nitrogen and oxygen atoms in total. The number of pyridine rings is 2. The van der Waals surface area contributed by atoms with Crippen LogP contribution in [0.5, 0.6) is 0 Å². The highest BCUT2D eigenvalue weighted by Gasteiger charge is 2.18. The van der Waals surface area contributed by atoms with Gasteiger partial charge in [0.05, 0.1) is 5.69 Å². The Kier molecular flexibility index (Phi) is 5.01. The number of hydrogen-bond donors (Lipinski definition) is 0. The standard InChI is InChI=1S/C28H25FN2O/c1-16(2)23-13-19(14-24(17(3)4)26(23)29)18-10-12-30-25(15-18)22-8-5-7-20-21-9-6-11-31-28(21)32-27(20)22/h5-17H,1-4H3. The van der Waals surface area contributed by atoms with Gasteiger partial charge in [-0.25, -0.2) is 9.37 Å². The van der Waals surface area contributed by atoms with Gasteiger partial charge in [-0.1, -0.05) is 39.8 Å². The van der Waals surface area contributed by atoms with E-state index in [1.165, 1.54) is 0 Å². The average molecular weight is 425 g/mol. The molecule has 0 spiro atoms. The Hall–Kier alpha value is -3.53. The molecule has 160 valence electrons. The van der Waals surface area contributed by atoms with Gasteiger partial charge in [0.15, 0.2) is 0 Å². The van der Waals surface area contributed by atoms with Crippen LogP contribution in [0.2, 0.25) is 0 Å². The van der Waals surface area contributed by atoms with Gasteiger partial charge in [0.25, 0.3) is 0 Å². The predicted octanol–water partition coefficient (Wildman–Crippen LogP) is 8.10. The van der Waals surface area contributed by atoms with Crippen LogP contribution in [0.15, 0.2) is 71.4 Å². The summed E-state index contributed by atoms with van der Waals surface area (Å²) < 4.78 is 21.2. The van der Waals surface area contributed by atoms with Crippen molar-refractivity contribution in [2.24, 2.45) is 0 Å². The van der Waals surface area contributed by atoms with Crippen molar-refractivity contribution in [1.29, 1.82) is 0 Å². The number of para-hydroxylation sites is 1. The van der Waals surface area contributed by atoms with Crippen molar-refractivity contribution in [2.75, 3.05) is 0 Å². The summed E-state index contributed by atoms with van der Waals surface area (Å²) in [4.78, 5) is 8.99. The smallest absolute Gasteiger partial charge is 0.227 e. The summed E-state index contributed by atoms with van der Waals surface area (Å²) in [6.45, 7) is 8.11. The minimum Gasteiger partial charge on any atom is -0.437 e. The molecule has 0 aliphatic heterocycles. The van der Waals surface area contributed by atoms with Crippen LogP contribution in [0, 0.1) is 5.82 Å². The number of nitrogens with zero attached hydrogens (tertiary/aromatic N) is 2. The van der Waals surface area contributed by atoms with Gasteiger partial charge < -0.3 is 4.42 Å². The van der Waals surface area contributed by atoms with E-state index >= 15 is 4.39 Å². The van der Waals surface area contributed by atoms with E-state index in [2.05, 4.69) is 16.0 Å². The van der Waals surface area contributed by atoms with E-state index in [1.54, 1.807) is 12.4 Å². The Morgan fingerprint density at radius 1 is 0.750 bits per heavy atom. The van der Waals surface area contributed by atoms with Gasteiger partial charge in [-0.05, 0) is 76.6 Å². The third kappa shape index (κ3) is 3.36. The van der Waals surface area contributed by atoms with E-state index in [9.17, 15) is 0 Å². The topological polar surface area (TPSA) is 38.9 Å². The molecule has 5 rings (SSSR count). The molecule has 0 radical (unpaired) electrons. The van der Waals surface area contributed by atoms with Crippen LogP contribution in [0.1, 0.15) is 50.7 Å². The van der Waals surface area contributed by atoms with Gasteiger partial charge in [0, 0.05) is 28.7 Å². The summed E-state index contributed by atoms with van der Waals surface area (Å²) in [6.07, 6.45) is 3.54. The molecule has 0 N–H and O–H groups in total. The van der Waals surface area contributed by atoms with Crippen LogP contribution in [0.4, 0.5) is 4.39 Å². The molecule has 0 fully saturated rings. The Labute approximate surface area is 186 Å². The van der Waals surface area contributed by atoms with Gasteiger partial charge >= 0.3 is 0 Å². The molecular formula is C28H25FN2O. The number of rotatable bonds is 4. The number of benzene rings is 2. The van der Waals surface area contributed by atoms with Gasteiger partial charge in [0.1, 0.15) is 11.4 Å². The third-order valence-electron chi connectivity index (χ3n) is 6.02. The Balaban J connectivity index is 1.69. The number of hydrogen-bond acceptors (Lipinski definition) is 3. The summed E-state index contributed by atoms with van der Waals surface area (Å²) in [7, 11) is 0. The summed E-state index contributed by atoms with van der Waals surface area (Å²) in [5.74, 6) is 0.115. The molecule has 0 saturated heterocycles. The van der Waals surface area contributed by atoms with Gasteiger partial charge in [-0.15, -0.1) is 0 Å². The largest absolute Gasteiger partial charge is 0.437 e. The fourth-order valence-corrected chi connectivity index (χ4v) is 4.27. The monoisotopic (exact) mass is 424 g/mol. The zero-order valence-electron chi connectivity index (χ0n) is 18.7. The fraction of sp³-hybridized carbons (Fsp3) is 0.214. The first kappa shape index (κ1) is 20.4. The predicted molar refractivity (Wildman–Crippen MR) is 128 cm³/mol. The van der Waals surface area contributed by atoms with Crippen LogP contribution < -0.4 is 0 Å². The highest BCUT2D eigenvalue weighted by atomic mass is 19.1. The van der Waals surface area contributed by atoms with Crippen LogP contribution in [0.25, 0.3) is 44.5 Å². The normalized spacial score (nSPS) is 11.8. The molecule has 0 amide bonds. The van der Waals surface area contributed by atoms with Gasteiger partial charge in [0.2, 0.25) is 5.71 Å². The molecule has 5 aromatic rings. The quantitative estimate of drug-likeness (QED) is 0.292. The van der Waals surface area contributed by atoms with E-state index in [0.717, 1.165) is 49.9 Å². The fourth-order valence-electron chi connectivity index (χ4n) is 4.27. The number of aromatic nitrogens is 2. The molecule has 4 heteroatoms. The number of halogens is 1. The van der Waals surface area contributed by atoms with E-state index in [0.29, 0.717) is 5.71 Å². The van der Waals surface area contributed by atoms with Crippen molar-refractivity contribution in [3.63, 3.8) is 0 Å². The molecular weight excluding hydrogens is 399 g/mol. The first-order valence-electron chi connectivity index (χ1n) is 11.0. The molecule has 0 saturated carbocycles. The maximum atomic E-state index is 15.1. The van der Waals surface area contributed by atoms with E-state index in [-0.39, 0.29) is 17.7 Å². The lowest BCUT2D eigenvalue weighted by Gasteiger charge is -2.17. The number of furan rings is 1. The van der Waals surface area contributed by atoms with E-state index in [1.807, 2.05) is 76.2 Å². The van der Waals surface area contributed by atoms with Gasteiger partial charge in [-0.2, -0.15) is 0 Å². The van der Waals surface area contributed by atoms with E-state index < -0.39 is 0 Å². The molecule has 3 heterocycles. The average Bonchev–Trinajstić information content (AvgIpc) is 3.18. The molecule has 3 aromatic heterocycles. The lowest BCUT2D eigenvalue weighted by atomic mass is 9.90. The maximum absolute atomic E-state index is 15.1. The summed E-state index contributed by atoms with van der Waals surface area (Å²) in [5, 5.41) is 2.01. The first-order valence-corrected chi connectivity index (χ1v) is 11.0. The van der Waals surface area contributed by atoms with Crippen molar-refractivity contribution in [1.82, 2.24) is 9.97 Å². The van der Waals surface area contributed by atoms with Crippen molar-refractivity contribution in [2.45, 2.75) is 39.5 Å². The zero-order chi connectivity index (χ0) is 22.4. The lowest BCUT2D eigenvalue weighted by molar-refractivity contribution is 0.573. The van der Waals surface area contributed by atoms with Crippen molar-refractivity contribution >= 4 is 22.1 Å². The van der Waals surface area contributed by atoms with Crippen molar-refractivity contribution < 1.29 is 8.81 Å². The highest BCUT2D eigenvalue weighted by molar-refractivity contribution is 6.08. The molecule has 32 heavy (non-hydrogen) atoms. The van der Waals surface area contributed by atoms with Crippen LogP contribution >= 0.6 is 0 Å². The minimum absolute atomic E-state index is 0.0902. The zero-order valence-corrected chi connectivity index (χ0v) is 18.7. The summed E-state index contributed by atoms with van der Waals surface area (Å²) in [5.41, 5.74) is 6.62. The molecule has 0 unspecified atom stereocenters. The van der Waals surface area contributed by atoms with Crippen LogP contribution in [-0.4, -0.2) is 9.97 Å². The Morgan fingerprint density at radius 2 is 1.47 bits per heavy atom. The molecule has 0 bridgehead atoms. The second-order valence-corrected chi connectivity index (χ2v) is 8.85. The summed E-state index contributed by atoms with van der Waals surface area (Å²) in [6, 6.07) is 18.0. The third-order valence-corrected chi connectivity index (χ3v) is 6.02. The second-order valence-electron chi connectivity index (χ2n) is 8.85. The molecule has 0 atom stereocenters. The molecule has 0 aliphatic carbocycles. The van der Waals surface area contributed by atoms with Gasteiger partial charge in [-0.3, -0.25) is 4.98 Å². The van der Waals surface area contributed by atoms with Crippen LogP contribution in [-0.2, 0) is 0 Å². The number of fused-ring (bicyclic) bond motifs is 3. The Morgan fingerprint density at radius 3 is 2.19 bits per heavy atom. The van der Waals surface area contributed by atoms with Crippen LogP contribution in [0.3, 0.4) is 0 Å². The maximum Gasteiger partial charge on any atom is 0.227 e. The highest BCUT2D eigenvalue weighted by Crippen LogP contribution is 2.37. The SMILES string of the molecule is CC(C)c1cc(-c2ccnc(-c3cccc4c3oc3ncccc34)c2)cc(C(C)C)c1F. The minimum atomic E-state index is -0.0902. The first-order chi connectivity index (χ1) is 15.4.